The molecule has 1 aliphatic heterocycles. The second kappa shape index (κ2) is 7.01. The number of amides is 1. The summed E-state index contributed by atoms with van der Waals surface area (Å²) in [4.78, 5) is 15.9. The summed E-state index contributed by atoms with van der Waals surface area (Å²) in [7, 11) is 1.77. The van der Waals surface area contributed by atoms with Crippen molar-refractivity contribution in [3.8, 4) is 6.07 Å². The van der Waals surface area contributed by atoms with Crippen molar-refractivity contribution in [2.45, 2.75) is 31.4 Å². The van der Waals surface area contributed by atoms with E-state index in [1.165, 1.54) is 0 Å². The minimum absolute atomic E-state index is 0.140. The van der Waals surface area contributed by atoms with Crippen LogP contribution >= 0.6 is 11.8 Å². The van der Waals surface area contributed by atoms with Crippen LogP contribution in [-0.4, -0.2) is 59.4 Å². The van der Waals surface area contributed by atoms with Crippen LogP contribution < -0.4 is 0 Å². The fourth-order valence-corrected chi connectivity index (χ4v) is 3.27. The number of hydrogen-bond acceptors (Lipinski definition) is 4. The van der Waals surface area contributed by atoms with Crippen LogP contribution in [0.4, 0.5) is 0 Å². The predicted octanol–water partition coefficient (Wildman–Crippen LogP) is 1.58. The molecule has 0 radical (unpaired) electrons. The van der Waals surface area contributed by atoms with Crippen LogP contribution in [0.3, 0.4) is 0 Å². The third-order valence-electron chi connectivity index (χ3n) is 3.13. The number of carbonyl (C=O) groups excluding carboxylic acids is 1. The summed E-state index contributed by atoms with van der Waals surface area (Å²) in [5.41, 5.74) is 0. The van der Waals surface area contributed by atoms with E-state index in [2.05, 4.69) is 24.8 Å². The highest BCUT2D eigenvalue weighted by Crippen LogP contribution is 2.29. The van der Waals surface area contributed by atoms with Crippen molar-refractivity contribution in [3.63, 3.8) is 0 Å². The van der Waals surface area contributed by atoms with E-state index in [0.29, 0.717) is 24.1 Å². The summed E-state index contributed by atoms with van der Waals surface area (Å²) < 4.78 is 0.300. The molecule has 18 heavy (non-hydrogen) atoms. The van der Waals surface area contributed by atoms with Crippen LogP contribution in [0.15, 0.2) is 0 Å². The van der Waals surface area contributed by atoms with Crippen LogP contribution in [-0.2, 0) is 4.79 Å². The first-order valence-electron chi connectivity index (χ1n) is 6.42. The SMILES string of the molecule is CN(CCC#N)C(=O)CCN1CCSC(C)(C)C1. The fraction of sp³-hybridized carbons (Fsp3) is 0.846. The van der Waals surface area contributed by atoms with Crippen LogP contribution in [0.25, 0.3) is 0 Å². The maximum atomic E-state index is 11.8. The second-order valence-corrected chi connectivity index (χ2v) is 7.16. The molecule has 0 N–H and O–H groups in total. The van der Waals surface area contributed by atoms with Crippen molar-refractivity contribution in [1.29, 1.82) is 5.26 Å². The lowest BCUT2D eigenvalue weighted by Crippen LogP contribution is -2.44. The molecule has 102 valence electrons. The Hall–Kier alpha value is -0.730. The van der Waals surface area contributed by atoms with Crippen molar-refractivity contribution >= 4 is 17.7 Å². The number of nitriles is 1. The Morgan fingerprint density at radius 2 is 2.28 bits per heavy atom. The molecule has 1 aliphatic rings. The molecule has 1 amide bonds. The predicted molar refractivity (Wildman–Crippen MR) is 75.5 cm³/mol. The third-order valence-corrected chi connectivity index (χ3v) is 4.43. The van der Waals surface area contributed by atoms with Gasteiger partial charge in [-0.25, -0.2) is 0 Å². The largest absolute Gasteiger partial charge is 0.345 e. The summed E-state index contributed by atoms with van der Waals surface area (Å²) in [5, 5.41) is 8.49. The Bertz CT molecular complexity index is 325. The Kier molecular flexibility index (Phi) is 5.97. The van der Waals surface area contributed by atoms with E-state index in [1.54, 1.807) is 11.9 Å². The Morgan fingerprint density at radius 1 is 1.56 bits per heavy atom. The van der Waals surface area contributed by atoms with Crippen molar-refractivity contribution in [2.75, 3.05) is 39.0 Å². The van der Waals surface area contributed by atoms with Gasteiger partial charge in [0, 0.05) is 50.1 Å². The normalized spacial score (nSPS) is 19.2. The smallest absolute Gasteiger partial charge is 0.223 e. The molecular formula is C13H23N3OS. The highest BCUT2D eigenvalue weighted by molar-refractivity contribution is 8.00. The number of nitrogens with zero attached hydrogens (tertiary/aromatic N) is 3. The van der Waals surface area contributed by atoms with Crippen LogP contribution in [0.2, 0.25) is 0 Å². The molecule has 1 saturated heterocycles. The van der Waals surface area contributed by atoms with Crippen molar-refractivity contribution < 1.29 is 4.79 Å². The van der Waals surface area contributed by atoms with E-state index in [1.807, 2.05) is 11.8 Å². The van der Waals surface area contributed by atoms with Gasteiger partial charge in [0.2, 0.25) is 5.91 Å². The van der Waals surface area contributed by atoms with Crippen molar-refractivity contribution in [2.24, 2.45) is 0 Å². The Morgan fingerprint density at radius 3 is 2.89 bits per heavy atom. The highest BCUT2D eigenvalue weighted by Gasteiger charge is 2.27. The zero-order valence-corrected chi connectivity index (χ0v) is 12.4. The molecule has 4 nitrogen and oxygen atoms in total. The van der Waals surface area contributed by atoms with E-state index < -0.39 is 0 Å². The first kappa shape index (κ1) is 15.3. The standard InChI is InChI=1S/C13H23N3OS/c1-13(2)11-16(9-10-18-13)8-5-12(17)15(3)7-4-6-14/h4-5,7-11H2,1-3H3. The zero-order valence-electron chi connectivity index (χ0n) is 11.6. The Balaban J connectivity index is 2.28. The van der Waals surface area contributed by atoms with E-state index in [9.17, 15) is 4.79 Å². The maximum Gasteiger partial charge on any atom is 0.223 e. The molecule has 0 saturated carbocycles. The monoisotopic (exact) mass is 269 g/mol. The molecule has 1 heterocycles. The van der Waals surface area contributed by atoms with E-state index >= 15 is 0 Å². The average Bonchev–Trinajstić information content (AvgIpc) is 2.31. The second-order valence-electron chi connectivity index (χ2n) is 5.36. The molecule has 0 aromatic carbocycles. The molecule has 0 unspecified atom stereocenters. The van der Waals surface area contributed by atoms with Gasteiger partial charge in [0.25, 0.3) is 0 Å². The fourth-order valence-electron chi connectivity index (χ4n) is 2.09. The first-order valence-corrected chi connectivity index (χ1v) is 7.40. The first-order chi connectivity index (χ1) is 8.44. The van der Waals surface area contributed by atoms with Gasteiger partial charge in [0.05, 0.1) is 12.5 Å². The summed E-state index contributed by atoms with van der Waals surface area (Å²) in [6.07, 6.45) is 0.971. The number of carbonyl (C=O) groups is 1. The van der Waals surface area contributed by atoms with Crippen LogP contribution in [0.1, 0.15) is 26.7 Å². The van der Waals surface area contributed by atoms with Crippen LogP contribution in [0, 0.1) is 11.3 Å². The van der Waals surface area contributed by atoms with E-state index in [0.717, 1.165) is 25.4 Å². The van der Waals surface area contributed by atoms with Gasteiger partial charge in [-0.05, 0) is 13.8 Å². The highest BCUT2D eigenvalue weighted by atomic mass is 32.2. The molecule has 5 heteroatoms. The zero-order chi connectivity index (χ0) is 13.6. The molecular weight excluding hydrogens is 246 g/mol. The number of thioether (sulfide) groups is 1. The summed E-state index contributed by atoms with van der Waals surface area (Å²) in [5.74, 6) is 1.28. The maximum absolute atomic E-state index is 11.8. The van der Waals surface area contributed by atoms with Gasteiger partial charge in [-0.3, -0.25) is 4.79 Å². The minimum Gasteiger partial charge on any atom is -0.345 e. The van der Waals surface area contributed by atoms with Gasteiger partial charge in [-0.2, -0.15) is 17.0 Å². The van der Waals surface area contributed by atoms with Gasteiger partial charge >= 0.3 is 0 Å². The van der Waals surface area contributed by atoms with Gasteiger partial charge in [0.15, 0.2) is 0 Å². The van der Waals surface area contributed by atoms with Gasteiger partial charge in [-0.15, -0.1) is 0 Å². The quantitative estimate of drug-likeness (QED) is 0.760. The van der Waals surface area contributed by atoms with Crippen molar-refractivity contribution in [1.82, 2.24) is 9.80 Å². The third kappa shape index (κ3) is 5.28. The Labute approximate surface area is 114 Å². The lowest BCUT2D eigenvalue weighted by Gasteiger charge is -2.37. The lowest BCUT2D eigenvalue weighted by atomic mass is 10.2. The summed E-state index contributed by atoms with van der Waals surface area (Å²) in [6.45, 7) is 8.00. The lowest BCUT2D eigenvalue weighted by molar-refractivity contribution is -0.130. The van der Waals surface area contributed by atoms with E-state index in [-0.39, 0.29) is 5.91 Å². The summed E-state index contributed by atoms with van der Waals surface area (Å²) in [6, 6.07) is 2.06. The number of rotatable bonds is 5. The molecule has 0 aromatic rings. The van der Waals surface area contributed by atoms with E-state index in [4.69, 9.17) is 5.26 Å². The number of hydrogen-bond donors (Lipinski definition) is 0. The van der Waals surface area contributed by atoms with Gasteiger partial charge < -0.3 is 9.80 Å². The minimum atomic E-state index is 0.140. The molecule has 1 fully saturated rings. The van der Waals surface area contributed by atoms with Crippen molar-refractivity contribution in [3.05, 3.63) is 0 Å². The summed E-state index contributed by atoms with van der Waals surface area (Å²) >= 11 is 2.00. The molecule has 0 atom stereocenters. The molecule has 0 aliphatic carbocycles. The van der Waals surface area contributed by atoms with Gasteiger partial charge in [0.1, 0.15) is 0 Å². The van der Waals surface area contributed by atoms with Gasteiger partial charge in [-0.1, -0.05) is 0 Å². The topological polar surface area (TPSA) is 47.3 Å². The molecule has 0 spiro atoms. The van der Waals surface area contributed by atoms with Crippen LogP contribution in [0.5, 0.6) is 0 Å². The molecule has 0 bridgehead atoms. The average molecular weight is 269 g/mol. The molecule has 0 aromatic heterocycles. The molecule has 1 rings (SSSR count).